The number of hydrogen-bond acceptors (Lipinski definition) is 4. The van der Waals surface area contributed by atoms with E-state index < -0.39 is 9.52 Å². The van der Waals surface area contributed by atoms with Crippen LogP contribution < -0.4 is 0 Å². The Balaban J connectivity index is 3.90. The Kier molecular flexibility index (Phi) is 9.02. The van der Waals surface area contributed by atoms with Crippen LogP contribution in [0, 0.1) is 0 Å². The molecule has 0 saturated carbocycles. The second-order valence-corrected chi connectivity index (χ2v) is 5.74. The summed E-state index contributed by atoms with van der Waals surface area (Å²) in [6, 6.07) is 0.851. The topological polar surface area (TPSA) is 44.8 Å². The van der Waals surface area contributed by atoms with Crippen molar-refractivity contribution in [2.75, 3.05) is 13.2 Å². The van der Waals surface area contributed by atoms with E-state index in [4.69, 9.17) is 14.2 Å². The van der Waals surface area contributed by atoms with Crippen LogP contribution in [0.5, 0.6) is 0 Å². The van der Waals surface area contributed by atoms with Gasteiger partial charge in [0.1, 0.15) is 5.91 Å². The van der Waals surface area contributed by atoms with Gasteiger partial charge in [-0.3, -0.25) is 0 Å². The van der Waals surface area contributed by atoms with Crippen molar-refractivity contribution in [2.24, 2.45) is 0 Å². The summed E-state index contributed by atoms with van der Waals surface area (Å²) in [5.74, 6) is -0.396. The van der Waals surface area contributed by atoms with E-state index in [9.17, 15) is 4.79 Å². The van der Waals surface area contributed by atoms with Crippen molar-refractivity contribution in [1.82, 2.24) is 0 Å². The van der Waals surface area contributed by atoms with Crippen LogP contribution in [-0.2, 0) is 19.0 Å². The van der Waals surface area contributed by atoms with E-state index >= 15 is 0 Å². The minimum atomic E-state index is -0.563. The molecule has 0 aromatic rings. The molecule has 0 N–H and O–H groups in total. The molecule has 0 aliphatic rings. The molecule has 0 radical (unpaired) electrons. The second-order valence-electron chi connectivity index (χ2n) is 3.91. The number of rotatable bonds is 9. The maximum absolute atomic E-state index is 11.3. The molecule has 0 spiro atoms. The van der Waals surface area contributed by atoms with Crippen molar-refractivity contribution in [2.45, 2.75) is 45.8 Å². The average molecular weight is 260 g/mol. The molecule has 0 aliphatic heterocycles. The van der Waals surface area contributed by atoms with Crippen LogP contribution in [0.4, 0.5) is 0 Å². The molecule has 0 saturated heterocycles. The molecule has 17 heavy (non-hydrogen) atoms. The monoisotopic (exact) mass is 260 g/mol. The Hall–Kier alpha value is -0.653. The van der Waals surface area contributed by atoms with Gasteiger partial charge in [0.15, 0.2) is 0 Å². The molecule has 1 unspecified atom stereocenters. The zero-order valence-corrected chi connectivity index (χ0v) is 12.7. The first kappa shape index (κ1) is 16.3. The molecule has 0 heterocycles. The van der Waals surface area contributed by atoms with Crippen LogP contribution in [0.2, 0.25) is 6.04 Å². The van der Waals surface area contributed by atoms with Crippen molar-refractivity contribution in [3.05, 3.63) is 12.2 Å². The largest absolute Gasteiger partial charge is 0.460 e. The normalized spacial score (nSPS) is 13.2. The highest BCUT2D eigenvalue weighted by Crippen LogP contribution is 2.05. The van der Waals surface area contributed by atoms with Gasteiger partial charge in [0.05, 0.1) is 15.6 Å². The molecular formula is C12H24O4Si. The SMILES string of the molecule is C=C(C)C(=O)OC(C)C[SiH2]C(OCC)OCC. The highest BCUT2D eigenvalue weighted by atomic mass is 28.2. The van der Waals surface area contributed by atoms with E-state index in [1.165, 1.54) is 0 Å². The second kappa shape index (κ2) is 9.38. The highest BCUT2D eigenvalue weighted by Gasteiger charge is 2.14. The van der Waals surface area contributed by atoms with Gasteiger partial charge < -0.3 is 14.2 Å². The summed E-state index contributed by atoms with van der Waals surface area (Å²) in [6.45, 7) is 12.3. The minimum Gasteiger partial charge on any atom is -0.460 e. The summed E-state index contributed by atoms with van der Waals surface area (Å²) in [4.78, 5) is 11.3. The van der Waals surface area contributed by atoms with Crippen LogP contribution in [0.1, 0.15) is 27.7 Å². The van der Waals surface area contributed by atoms with E-state index in [0.717, 1.165) is 6.04 Å². The first-order valence-corrected chi connectivity index (χ1v) is 7.92. The van der Waals surface area contributed by atoms with Crippen molar-refractivity contribution in [1.29, 1.82) is 0 Å². The Bertz CT molecular complexity index is 237. The maximum atomic E-state index is 11.3. The Morgan fingerprint density at radius 3 is 2.24 bits per heavy atom. The smallest absolute Gasteiger partial charge is 0.333 e. The van der Waals surface area contributed by atoms with E-state index in [-0.39, 0.29) is 18.0 Å². The van der Waals surface area contributed by atoms with Crippen molar-refractivity contribution < 1.29 is 19.0 Å². The number of carbonyl (C=O) groups is 1. The molecule has 0 aromatic carbocycles. The van der Waals surface area contributed by atoms with Gasteiger partial charge in [-0.15, -0.1) is 0 Å². The quantitative estimate of drug-likeness (QED) is 0.272. The third-order valence-corrected chi connectivity index (χ3v) is 4.26. The van der Waals surface area contributed by atoms with Gasteiger partial charge in [0, 0.05) is 18.8 Å². The average Bonchev–Trinajstić information content (AvgIpc) is 2.26. The fraction of sp³-hybridized carbons (Fsp3) is 0.750. The standard InChI is InChI=1S/C12H24O4Si/c1-6-14-12(15-7-2)17-8-10(5)16-11(13)9(3)4/h10,12H,3,6-8,17H2,1-2,4-5H3. The molecule has 4 nitrogen and oxygen atoms in total. The van der Waals surface area contributed by atoms with E-state index in [2.05, 4.69) is 6.58 Å². The molecular weight excluding hydrogens is 236 g/mol. The van der Waals surface area contributed by atoms with Gasteiger partial charge in [-0.2, -0.15) is 0 Å². The molecule has 0 rings (SSSR count). The lowest BCUT2D eigenvalue weighted by Gasteiger charge is -2.19. The van der Waals surface area contributed by atoms with E-state index in [0.29, 0.717) is 18.8 Å². The van der Waals surface area contributed by atoms with Gasteiger partial charge in [-0.1, -0.05) is 6.58 Å². The van der Waals surface area contributed by atoms with Gasteiger partial charge in [0.25, 0.3) is 0 Å². The number of carbonyl (C=O) groups excluding carboxylic acids is 1. The molecule has 0 fully saturated rings. The van der Waals surface area contributed by atoms with Gasteiger partial charge >= 0.3 is 5.97 Å². The van der Waals surface area contributed by atoms with Crippen LogP contribution in [0.25, 0.3) is 0 Å². The molecule has 0 bridgehead atoms. The van der Waals surface area contributed by atoms with E-state index in [1.807, 2.05) is 20.8 Å². The summed E-state index contributed by atoms with van der Waals surface area (Å²) < 4.78 is 16.1. The zero-order chi connectivity index (χ0) is 13.3. The molecule has 5 heteroatoms. The first-order valence-electron chi connectivity index (χ1n) is 6.10. The van der Waals surface area contributed by atoms with Crippen LogP contribution in [-0.4, -0.2) is 40.7 Å². The fourth-order valence-corrected chi connectivity index (χ4v) is 2.96. The predicted molar refractivity (Wildman–Crippen MR) is 70.8 cm³/mol. The molecule has 1 atom stereocenters. The highest BCUT2D eigenvalue weighted by molar-refractivity contribution is 6.36. The first-order chi connectivity index (χ1) is 8.01. The van der Waals surface area contributed by atoms with E-state index in [1.54, 1.807) is 6.92 Å². The third-order valence-electron chi connectivity index (χ3n) is 2.17. The minimum absolute atomic E-state index is 0.0732. The molecule has 0 aromatic heterocycles. The number of ether oxygens (including phenoxy) is 3. The third kappa shape index (κ3) is 8.12. The lowest BCUT2D eigenvalue weighted by Crippen LogP contribution is -2.28. The molecule has 100 valence electrons. The Morgan fingerprint density at radius 1 is 1.29 bits per heavy atom. The van der Waals surface area contributed by atoms with Gasteiger partial charge in [-0.25, -0.2) is 4.79 Å². The molecule has 0 aliphatic carbocycles. The van der Waals surface area contributed by atoms with Crippen LogP contribution >= 0.6 is 0 Å². The Morgan fingerprint density at radius 2 is 1.82 bits per heavy atom. The summed E-state index contributed by atoms with van der Waals surface area (Å²) in [7, 11) is -0.563. The number of hydrogen-bond donors (Lipinski definition) is 0. The van der Waals surface area contributed by atoms with Crippen molar-refractivity contribution in [3.8, 4) is 0 Å². The summed E-state index contributed by atoms with van der Waals surface area (Å²) in [5.41, 5.74) is 0.435. The zero-order valence-electron chi connectivity index (χ0n) is 11.3. The van der Waals surface area contributed by atoms with Gasteiger partial charge in [0.2, 0.25) is 0 Å². The number of esters is 1. The summed E-state index contributed by atoms with van der Waals surface area (Å²) >= 11 is 0. The van der Waals surface area contributed by atoms with Crippen molar-refractivity contribution >= 4 is 15.5 Å². The lowest BCUT2D eigenvalue weighted by atomic mass is 10.3. The lowest BCUT2D eigenvalue weighted by molar-refractivity contribution is -0.142. The molecule has 0 amide bonds. The van der Waals surface area contributed by atoms with Crippen molar-refractivity contribution in [3.63, 3.8) is 0 Å². The maximum Gasteiger partial charge on any atom is 0.333 e. The summed E-state index contributed by atoms with van der Waals surface area (Å²) in [5, 5.41) is 0. The Labute approximate surface area is 106 Å². The van der Waals surface area contributed by atoms with Gasteiger partial charge in [-0.05, 0) is 33.7 Å². The summed E-state index contributed by atoms with van der Waals surface area (Å²) in [6.07, 6.45) is -0.0886. The van der Waals surface area contributed by atoms with Crippen LogP contribution in [0.15, 0.2) is 12.2 Å². The van der Waals surface area contributed by atoms with Crippen LogP contribution in [0.3, 0.4) is 0 Å². The predicted octanol–water partition coefficient (Wildman–Crippen LogP) is 1.44. The fourth-order valence-electron chi connectivity index (χ4n) is 1.30.